The molecule has 0 fully saturated rings. The van der Waals surface area contributed by atoms with Crippen LogP contribution in [0.15, 0.2) is 59.1 Å². The van der Waals surface area contributed by atoms with Gasteiger partial charge in [0.1, 0.15) is 0 Å². The molecule has 3 rings (SSSR count). The van der Waals surface area contributed by atoms with Crippen LogP contribution in [0.1, 0.15) is 5.89 Å². The third kappa shape index (κ3) is 4.10. The lowest BCUT2D eigenvalue weighted by Gasteiger charge is -2.19. The molecular formula is C17H15ClN4OS. The molecule has 122 valence electrons. The van der Waals surface area contributed by atoms with Gasteiger partial charge >= 0.3 is 0 Å². The van der Waals surface area contributed by atoms with Gasteiger partial charge in [0.2, 0.25) is 11.7 Å². The predicted octanol–water partition coefficient (Wildman–Crippen LogP) is 4.22. The lowest BCUT2D eigenvalue weighted by Crippen LogP contribution is -2.30. The number of rotatable bonds is 4. The molecule has 0 radical (unpaired) electrons. The molecule has 0 atom stereocenters. The summed E-state index contributed by atoms with van der Waals surface area (Å²) >= 11 is 11.3. The van der Waals surface area contributed by atoms with Crippen molar-refractivity contribution in [3.05, 3.63) is 65.5 Å². The summed E-state index contributed by atoms with van der Waals surface area (Å²) in [5, 5.41) is 8.37. The van der Waals surface area contributed by atoms with Gasteiger partial charge in [0.25, 0.3) is 0 Å². The molecule has 0 aliphatic carbocycles. The predicted molar refractivity (Wildman–Crippen MR) is 98.9 cm³/mol. The van der Waals surface area contributed by atoms with Crippen molar-refractivity contribution >= 4 is 34.6 Å². The molecule has 0 saturated heterocycles. The molecule has 0 bridgehead atoms. The van der Waals surface area contributed by atoms with Crippen LogP contribution >= 0.6 is 23.8 Å². The van der Waals surface area contributed by atoms with Crippen molar-refractivity contribution in [3.8, 4) is 11.4 Å². The number of benzene rings is 2. The number of thiocarbonyl (C=S) groups is 1. The van der Waals surface area contributed by atoms with Gasteiger partial charge in [0.05, 0.1) is 6.54 Å². The van der Waals surface area contributed by atoms with Crippen LogP contribution < -0.4 is 5.32 Å². The second-order valence-corrected chi connectivity index (χ2v) is 5.99. The molecular weight excluding hydrogens is 344 g/mol. The zero-order chi connectivity index (χ0) is 16.9. The highest BCUT2D eigenvalue weighted by atomic mass is 35.5. The van der Waals surface area contributed by atoms with Crippen LogP contribution in [-0.2, 0) is 6.54 Å². The van der Waals surface area contributed by atoms with Crippen molar-refractivity contribution in [2.45, 2.75) is 6.54 Å². The van der Waals surface area contributed by atoms with Crippen molar-refractivity contribution in [1.82, 2.24) is 15.0 Å². The van der Waals surface area contributed by atoms with Gasteiger partial charge in [-0.05, 0) is 36.5 Å². The minimum atomic E-state index is 0.416. The fraction of sp³-hybridized carbons (Fsp3) is 0.118. The minimum Gasteiger partial charge on any atom is -0.343 e. The molecule has 0 unspecified atom stereocenters. The normalized spacial score (nSPS) is 10.4. The Hall–Kier alpha value is -2.44. The summed E-state index contributed by atoms with van der Waals surface area (Å²) in [6.07, 6.45) is 0. The quantitative estimate of drug-likeness (QED) is 0.705. The molecule has 1 aromatic heterocycles. The third-order valence-corrected chi connectivity index (χ3v) is 3.98. The van der Waals surface area contributed by atoms with Crippen molar-refractivity contribution in [1.29, 1.82) is 0 Å². The maximum Gasteiger partial charge on any atom is 0.246 e. The van der Waals surface area contributed by atoms with E-state index in [1.165, 1.54) is 0 Å². The van der Waals surface area contributed by atoms with Crippen LogP contribution in [0.5, 0.6) is 0 Å². The van der Waals surface area contributed by atoms with E-state index in [1.807, 2.05) is 54.4 Å². The van der Waals surface area contributed by atoms with E-state index in [4.69, 9.17) is 28.3 Å². The summed E-state index contributed by atoms with van der Waals surface area (Å²) in [4.78, 5) is 6.22. The Morgan fingerprint density at radius 3 is 2.58 bits per heavy atom. The van der Waals surface area contributed by atoms with Crippen LogP contribution in [-0.4, -0.2) is 27.2 Å². The summed E-state index contributed by atoms with van der Waals surface area (Å²) in [6, 6.07) is 17.0. The van der Waals surface area contributed by atoms with Crippen molar-refractivity contribution in [2.24, 2.45) is 0 Å². The highest BCUT2D eigenvalue weighted by Gasteiger charge is 2.12. The van der Waals surface area contributed by atoms with Crippen LogP contribution in [0.3, 0.4) is 0 Å². The minimum absolute atomic E-state index is 0.416. The van der Waals surface area contributed by atoms with Crippen LogP contribution in [0.4, 0.5) is 5.69 Å². The zero-order valence-electron chi connectivity index (χ0n) is 12.9. The summed E-state index contributed by atoms with van der Waals surface area (Å²) in [5.41, 5.74) is 1.78. The first-order chi connectivity index (χ1) is 11.6. The highest BCUT2D eigenvalue weighted by molar-refractivity contribution is 7.80. The Bertz CT molecular complexity index is 820. The first kappa shape index (κ1) is 16.4. The lowest BCUT2D eigenvalue weighted by molar-refractivity contribution is 0.336. The third-order valence-electron chi connectivity index (χ3n) is 3.31. The number of anilines is 1. The average molecular weight is 359 g/mol. The average Bonchev–Trinajstić information content (AvgIpc) is 3.06. The van der Waals surface area contributed by atoms with Gasteiger partial charge < -0.3 is 14.7 Å². The molecule has 1 N–H and O–H groups in total. The summed E-state index contributed by atoms with van der Waals surface area (Å²) in [5.74, 6) is 1.06. The molecule has 2 aromatic carbocycles. The molecule has 0 saturated carbocycles. The van der Waals surface area contributed by atoms with Gasteiger partial charge in [-0.1, -0.05) is 47.1 Å². The summed E-state index contributed by atoms with van der Waals surface area (Å²) in [7, 11) is 1.86. The monoisotopic (exact) mass is 358 g/mol. The van der Waals surface area contributed by atoms with Crippen LogP contribution in [0.2, 0.25) is 5.02 Å². The Morgan fingerprint density at radius 2 is 1.88 bits per heavy atom. The number of hydrogen-bond donors (Lipinski definition) is 1. The molecule has 0 aliphatic rings. The van der Waals surface area contributed by atoms with E-state index in [9.17, 15) is 0 Å². The SMILES string of the molecule is CN(Cc1nc(-c2ccccc2)no1)C(=S)Nc1ccc(Cl)cc1. The number of nitrogens with zero attached hydrogens (tertiary/aromatic N) is 3. The fourth-order valence-corrected chi connectivity index (χ4v) is 2.36. The Balaban J connectivity index is 1.62. The fourth-order valence-electron chi connectivity index (χ4n) is 2.05. The van der Waals surface area contributed by atoms with Crippen molar-refractivity contribution in [2.75, 3.05) is 12.4 Å². The van der Waals surface area contributed by atoms with Crippen molar-refractivity contribution < 1.29 is 4.52 Å². The van der Waals surface area contributed by atoms with Crippen LogP contribution in [0.25, 0.3) is 11.4 Å². The van der Waals surface area contributed by atoms with Gasteiger partial charge in [-0.15, -0.1) is 0 Å². The second kappa shape index (κ2) is 7.42. The molecule has 0 amide bonds. The number of hydrogen-bond acceptors (Lipinski definition) is 4. The number of halogens is 1. The molecule has 3 aromatic rings. The Morgan fingerprint density at radius 1 is 1.17 bits per heavy atom. The maximum absolute atomic E-state index is 5.87. The van der Waals surface area contributed by atoms with E-state index >= 15 is 0 Å². The molecule has 5 nitrogen and oxygen atoms in total. The standard InChI is InChI=1S/C17H15ClN4OS/c1-22(17(24)19-14-9-7-13(18)8-10-14)11-15-20-16(21-23-15)12-5-3-2-4-6-12/h2-10H,11H2,1H3,(H,19,24). The van der Waals surface area contributed by atoms with Gasteiger partial charge in [-0.2, -0.15) is 4.98 Å². The largest absolute Gasteiger partial charge is 0.343 e. The van der Waals surface area contributed by atoms with Crippen LogP contribution in [0, 0.1) is 0 Å². The molecule has 24 heavy (non-hydrogen) atoms. The molecule has 1 heterocycles. The van der Waals surface area contributed by atoms with Gasteiger partial charge in [-0.25, -0.2) is 0 Å². The van der Waals surface area contributed by atoms with E-state index in [-0.39, 0.29) is 0 Å². The second-order valence-electron chi connectivity index (χ2n) is 5.17. The summed E-state index contributed by atoms with van der Waals surface area (Å²) < 4.78 is 5.30. The Kier molecular flexibility index (Phi) is 5.08. The first-order valence-electron chi connectivity index (χ1n) is 7.27. The van der Waals surface area contributed by atoms with E-state index < -0.39 is 0 Å². The molecule has 0 aliphatic heterocycles. The first-order valence-corrected chi connectivity index (χ1v) is 8.06. The van der Waals surface area contributed by atoms with Crippen molar-refractivity contribution in [3.63, 3.8) is 0 Å². The zero-order valence-corrected chi connectivity index (χ0v) is 14.5. The maximum atomic E-state index is 5.87. The summed E-state index contributed by atoms with van der Waals surface area (Å²) in [6.45, 7) is 0.416. The van der Waals surface area contributed by atoms with Gasteiger partial charge in [0, 0.05) is 23.3 Å². The smallest absolute Gasteiger partial charge is 0.246 e. The molecule has 0 spiro atoms. The van der Waals surface area contributed by atoms with Gasteiger partial charge in [0.15, 0.2) is 5.11 Å². The van der Waals surface area contributed by atoms with E-state index in [2.05, 4.69) is 15.5 Å². The Labute approximate surface area is 150 Å². The highest BCUT2D eigenvalue weighted by Crippen LogP contribution is 2.16. The molecule has 7 heteroatoms. The van der Waals surface area contributed by atoms with Gasteiger partial charge in [-0.3, -0.25) is 0 Å². The number of nitrogens with one attached hydrogen (secondary N) is 1. The number of aromatic nitrogens is 2. The van der Waals surface area contributed by atoms with E-state index in [1.54, 1.807) is 12.1 Å². The van der Waals surface area contributed by atoms with E-state index in [0.717, 1.165) is 11.3 Å². The lowest BCUT2D eigenvalue weighted by atomic mass is 10.2. The van der Waals surface area contributed by atoms with E-state index in [0.29, 0.717) is 28.4 Å². The topological polar surface area (TPSA) is 54.2 Å².